The Morgan fingerprint density at radius 3 is 3.00 bits per heavy atom. The fourth-order valence-corrected chi connectivity index (χ4v) is 3.70. The Kier molecular flexibility index (Phi) is 2.99. The number of ether oxygens (including phenoxy) is 1. The van der Waals surface area contributed by atoms with Gasteiger partial charge in [0.05, 0.1) is 23.5 Å². The number of hydrogen-bond acceptors (Lipinski definition) is 5. The number of fused-ring (bicyclic) bond motifs is 1. The van der Waals surface area contributed by atoms with Crippen LogP contribution in [0.2, 0.25) is 0 Å². The number of hydroxylamine groups is 1. The highest BCUT2D eigenvalue weighted by Gasteiger charge is 2.51. The van der Waals surface area contributed by atoms with Crippen molar-refractivity contribution in [1.29, 1.82) is 0 Å². The lowest BCUT2D eigenvalue weighted by Gasteiger charge is -2.56. The number of nitrogens with zero attached hydrogens (tertiary/aromatic N) is 2. The minimum atomic E-state index is -0.504. The molecule has 1 aliphatic carbocycles. The van der Waals surface area contributed by atoms with Gasteiger partial charge in [-0.1, -0.05) is 0 Å². The fourth-order valence-electron chi connectivity index (χ4n) is 3.70. The van der Waals surface area contributed by atoms with Crippen LogP contribution in [0.3, 0.4) is 0 Å². The van der Waals surface area contributed by atoms with Gasteiger partial charge < -0.3 is 4.74 Å². The number of rotatable bonds is 2. The second kappa shape index (κ2) is 4.76. The van der Waals surface area contributed by atoms with Crippen molar-refractivity contribution in [2.24, 2.45) is 0 Å². The summed E-state index contributed by atoms with van der Waals surface area (Å²) < 4.78 is 5.69. The number of carbonyl (C=O) groups is 1. The van der Waals surface area contributed by atoms with Crippen molar-refractivity contribution in [3.8, 4) is 0 Å². The van der Waals surface area contributed by atoms with Crippen LogP contribution in [-0.4, -0.2) is 45.8 Å². The molecule has 1 saturated heterocycles. The van der Waals surface area contributed by atoms with Crippen LogP contribution in [0.25, 0.3) is 0 Å². The first kappa shape index (κ1) is 13.2. The molecule has 21 heavy (non-hydrogen) atoms. The largest absolute Gasteiger partial charge is 0.375 e. The molecular formula is C15H19N3O3. The lowest BCUT2D eigenvalue weighted by molar-refractivity contribution is -0.218. The van der Waals surface area contributed by atoms with E-state index < -0.39 is 5.91 Å². The molecule has 112 valence electrons. The average Bonchev–Trinajstić information content (AvgIpc) is 2.43. The molecule has 2 aliphatic heterocycles. The molecule has 0 unspecified atom stereocenters. The van der Waals surface area contributed by atoms with Gasteiger partial charge in [0.25, 0.3) is 5.91 Å². The van der Waals surface area contributed by atoms with Crippen LogP contribution in [0.5, 0.6) is 0 Å². The second-order valence-electron chi connectivity index (χ2n) is 6.33. The van der Waals surface area contributed by atoms with Crippen molar-refractivity contribution >= 4 is 5.91 Å². The maximum atomic E-state index is 11.4. The normalized spacial score (nSPS) is 31.2. The Labute approximate surface area is 123 Å². The maximum absolute atomic E-state index is 11.4. The molecule has 3 aliphatic rings. The Hall–Kier alpha value is -1.50. The Balaban J connectivity index is 1.44. The summed E-state index contributed by atoms with van der Waals surface area (Å²) in [6.07, 6.45) is 5.94. The molecule has 0 radical (unpaired) electrons. The molecule has 2 N–H and O–H groups in total. The first-order valence-corrected chi connectivity index (χ1v) is 7.49. The van der Waals surface area contributed by atoms with Crippen molar-refractivity contribution in [3.05, 3.63) is 29.1 Å². The highest BCUT2D eigenvalue weighted by molar-refractivity contribution is 5.93. The highest BCUT2D eigenvalue weighted by atomic mass is 16.5. The predicted octanol–water partition coefficient (Wildman–Crippen LogP) is 0.880. The van der Waals surface area contributed by atoms with E-state index in [1.807, 2.05) is 6.07 Å². The third kappa shape index (κ3) is 2.14. The van der Waals surface area contributed by atoms with Crippen LogP contribution in [0.1, 0.15) is 40.9 Å². The molecule has 1 saturated carbocycles. The van der Waals surface area contributed by atoms with Crippen LogP contribution < -0.4 is 5.48 Å². The zero-order valence-electron chi connectivity index (χ0n) is 11.8. The highest BCUT2D eigenvalue weighted by Crippen LogP contribution is 2.47. The van der Waals surface area contributed by atoms with Crippen LogP contribution in [0.15, 0.2) is 12.3 Å². The van der Waals surface area contributed by atoms with Crippen molar-refractivity contribution in [2.45, 2.75) is 43.9 Å². The van der Waals surface area contributed by atoms with Crippen molar-refractivity contribution in [2.75, 3.05) is 13.2 Å². The van der Waals surface area contributed by atoms with Gasteiger partial charge in [-0.15, -0.1) is 0 Å². The molecule has 6 nitrogen and oxygen atoms in total. The summed E-state index contributed by atoms with van der Waals surface area (Å²) >= 11 is 0. The fraction of sp³-hybridized carbons (Fsp3) is 0.600. The summed E-state index contributed by atoms with van der Waals surface area (Å²) in [6.45, 7) is 2.77. The standard InChI is InChI=1S/C15H19N3O3/c19-14(17-20)11-5-10-1-3-18(9-13(10)16-8-11)12-6-15(7-12)2-4-21-15/h5,8,12,20H,1-4,6-7,9H2,(H,17,19). The third-order valence-corrected chi connectivity index (χ3v) is 5.14. The molecule has 0 atom stereocenters. The summed E-state index contributed by atoms with van der Waals surface area (Å²) in [7, 11) is 0. The smallest absolute Gasteiger partial charge is 0.276 e. The molecule has 3 heterocycles. The van der Waals surface area contributed by atoms with Gasteiger partial charge in [0.15, 0.2) is 0 Å². The topological polar surface area (TPSA) is 74.7 Å². The quantitative estimate of drug-likeness (QED) is 0.624. The molecule has 0 bridgehead atoms. The number of nitrogens with one attached hydrogen (secondary N) is 1. The van der Waals surface area contributed by atoms with Crippen molar-refractivity contribution in [3.63, 3.8) is 0 Å². The monoisotopic (exact) mass is 289 g/mol. The van der Waals surface area contributed by atoms with E-state index in [1.54, 1.807) is 5.48 Å². The summed E-state index contributed by atoms with van der Waals surface area (Å²) in [4.78, 5) is 18.3. The van der Waals surface area contributed by atoms with E-state index in [-0.39, 0.29) is 5.60 Å². The van der Waals surface area contributed by atoms with E-state index in [2.05, 4.69) is 9.88 Å². The predicted molar refractivity (Wildman–Crippen MR) is 73.9 cm³/mol. The Morgan fingerprint density at radius 2 is 2.33 bits per heavy atom. The molecule has 1 amide bonds. The summed E-state index contributed by atoms with van der Waals surface area (Å²) in [5, 5.41) is 8.68. The number of amides is 1. The minimum Gasteiger partial charge on any atom is -0.375 e. The van der Waals surface area contributed by atoms with E-state index in [9.17, 15) is 4.79 Å². The molecular weight excluding hydrogens is 270 g/mol. The molecule has 2 fully saturated rings. The summed E-state index contributed by atoms with van der Waals surface area (Å²) in [6, 6.07) is 2.45. The van der Waals surface area contributed by atoms with E-state index >= 15 is 0 Å². The van der Waals surface area contributed by atoms with E-state index in [1.165, 1.54) is 12.6 Å². The number of pyridine rings is 1. The third-order valence-electron chi connectivity index (χ3n) is 5.14. The van der Waals surface area contributed by atoms with E-state index in [0.717, 1.165) is 50.2 Å². The molecule has 1 aromatic rings. The van der Waals surface area contributed by atoms with Gasteiger partial charge in [-0.05, 0) is 37.3 Å². The summed E-state index contributed by atoms with van der Waals surface area (Å²) in [5.74, 6) is -0.504. The van der Waals surface area contributed by atoms with Crippen LogP contribution >= 0.6 is 0 Å². The lowest BCUT2D eigenvalue weighted by Crippen LogP contribution is -2.61. The van der Waals surface area contributed by atoms with Crippen LogP contribution in [0.4, 0.5) is 0 Å². The number of carbonyl (C=O) groups excluding carboxylic acids is 1. The van der Waals surface area contributed by atoms with Crippen LogP contribution in [0, 0.1) is 0 Å². The molecule has 6 heteroatoms. The maximum Gasteiger partial charge on any atom is 0.276 e. The lowest BCUT2D eigenvalue weighted by atomic mass is 9.70. The molecule has 1 spiro atoms. The van der Waals surface area contributed by atoms with Crippen LogP contribution in [-0.2, 0) is 17.7 Å². The molecule has 4 rings (SSSR count). The van der Waals surface area contributed by atoms with Gasteiger partial charge in [0, 0.05) is 25.3 Å². The minimum absolute atomic E-state index is 0.210. The average molecular weight is 289 g/mol. The SMILES string of the molecule is O=C(NO)c1cnc2c(c1)CCN(C1CC3(CCO3)C1)C2. The van der Waals surface area contributed by atoms with Gasteiger partial charge in [-0.3, -0.25) is 19.9 Å². The Bertz CT molecular complexity index is 578. The first-order valence-electron chi connectivity index (χ1n) is 7.49. The zero-order chi connectivity index (χ0) is 14.4. The molecule has 1 aromatic heterocycles. The number of aromatic nitrogens is 1. The van der Waals surface area contributed by atoms with Gasteiger partial charge in [-0.2, -0.15) is 0 Å². The van der Waals surface area contributed by atoms with Gasteiger partial charge in [-0.25, -0.2) is 5.48 Å². The van der Waals surface area contributed by atoms with E-state index in [0.29, 0.717) is 11.6 Å². The van der Waals surface area contributed by atoms with E-state index in [4.69, 9.17) is 9.94 Å². The summed E-state index contributed by atoms with van der Waals surface area (Å²) in [5.41, 5.74) is 4.43. The van der Waals surface area contributed by atoms with Crippen molar-refractivity contribution < 1.29 is 14.7 Å². The molecule has 0 aromatic carbocycles. The Morgan fingerprint density at radius 1 is 1.52 bits per heavy atom. The van der Waals surface area contributed by atoms with Gasteiger partial charge >= 0.3 is 0 Å². The zero-order valence-corrected chi connectivity index (χ0v) is 11.8. The second-order valence-corrected chi connectivity index (χ2v) is 6.33. The number of hydrogen-bond donors (Lipinski definition) is 2. The van der Waals surface area contributed by atoms with Gasteiger partial charge in [0.1, 0.15) is 0 Å². The van der Waals surface area contributed by atoms with Crippen molar-refractivity contribution in [1.82, 2.24) is 15.4 Å². The first-order chi connectivity index (χ1) is 10.2. The van der Waals surface area contributed by atoms with Gasteiger partial charge in [0.2, 0.25) is 0 Å².